The lowest BCUT2D eigenvalue weighted by molar-refractivity contribution is -0.136. The van der Waals surface area contributed by atoms with Crippen molar-refractivity contribution in [3.63, 3.8) is 0 Å². The molecule has 1 aromatic carbocycles. The first kappa shape index (κ1) is 21.1. The Kier molecular flexibility index (Phi) is 5.99. The summed E-state index contributed by atoms with van der Waals surface area (Å²) in [6.07, 6.45) is 3.28. The first-order valence-electron chi connectivity index (χ1n) is 9.72. The number of likely N-dealkylation sites (tertiary alicyclic amines) is 1. The second kappa shape index (κ2) is 8.53. The fourth-order valence-corrected chi connectivity index (χ4v) is 6.29. The van der Waals surface area contributed by atoms with Gasteiger partial charge in [0.25, 0.3) is 10.0 Å². The molecule has 158 valence electrons. The molecule has 0 saturated carbocycles. The number of carbonyl (C=O) groups is 1. The lowest BCUT2D eigenvalue weighted by atomic mass is 9.95. The summed E-state index contributed by atoms with van der Waals surface area (Å²) in [7, 11) is -3.68. The van der Waals surface area contributed by atoms with E-state index in [1.54, 1.807) is 35.2 Å². The number of rotatable bonds is 5. The average molecular weight is 464 g/mol. The lowest BCUT2D eigenvalue weighted by Gasteiger charge is -2.35. The van der Waals surface area contributed by atoms with E-state index in [2.05, 4.69) is 11.0 Å². The van der Waals surface area contributed by atoms with Gasteiger partial charge in [-0.3, -0.25) is 4.79 Å². The average Bonchev–Trinajstić information content (AvgIpc) is 3.27. The zero-order valence-corrected chi connectivity index (χ0v) is 18.7. The van der Waals surface area contributed by atoms with Gasteiger partial charge in [0.1, 0.15) is 4.90 Å². The Bertz CT molecular complexity index is 1110. The molecule has 9 heteroatoms. The highest BCUT2D eigenvalue weighted by atomic mass is 35.5. The largest absolute Gasteiger partial charge is 0.355 e. The number of fused-ring (bicyclic) bond motifs is 1. The predicted molar refractivity (Wildman–Crippen MR) is 119 cm³/mol. The van der Waals surface area contributed by atoms with Crippen LogP contribution in [0, 0.1) is 5.92 Å². The van der Waals surface area contributed by atoms with E-state index in [4.69, 9.17) is 11.6 Å². The molecule has 0 spiro atoms. The third-order valence-corrected chi connectivity index (χ3v) is 7.86. The number of hydrogen-bond donors (Lipinski definition) is 0. The van der Waals surface area contributed by atoms with Crippen molar-refractivity contribution in [1.29, 1.82) is 0 Å². The normalized spacial score (nSPS) is 19.8. The highest BCUT2D eigenvalue weighted by Gasteiger charge is 2.36. The molecule has 1 aromatic heterocycles. The van der Waals surface area contributed by atoms with E-state index < -0.39 is 10.0 Å². The predicted octanol–water partition coefficient (Wildman–Crippen LogP) is 3.78. The minimum Gasteiger partial charge on any atom is -0.355 e. The Morgan fingerprint density at radius 1 is 1.33 bits per heavy atom. The Balaban J connectivity index is 1.53. The van der Waals surface area contributed by atoms with Crippen LogP contribution in [0.3, 0.4) is 0 Å². The van der Waals surface area contributed by atoms with Crippen LogP contribution in [0.1, 0.15) is 23.3 Å². The van der Waals surface area contributed by atoms with Gasteiger partial charge in [-0.25, -0.2) is 0 Å². The van der Waals surface area contributed by atoms with Crippen LogP contribution in [-0.4, -0.2) is 49.6 Å². The van der Waals surface area contributed by atoms with Crippen molar-refractivity contribution in [3.05, 3.63) is 63.8 Å². The summed E-state index contributed by atoms with van der Waals surface area (Å²) in [5, 5.41) is 0. The number of nitrogens with zero attached hydrogens (tertiary/aromatic N) is 3. The van der Waals surface area contributed by atoms with E-state index in [-0.39, 0.29) is 16.7 Å². The molecule has 6 nitrogen and oxygen atoms in total. The van der Waals surface area contributed by atoms with Gasteiger partial charge in [-0.2, -0.15) is 8.42 Å². The molecule has 1 fully saturated rings. The van der Waals surface area contributed by atoms with Crippen LogP contribution in [-0.2, 0) is 21.4 Å². The minimum absolute atomic E-state index is 0.0406. The summed E-state index contributed by atoms with van der Waals surface area (Å²) < 4.78 is 29.5. The van der Waals surface area contributed by atoms with Crippen LogP contribution in [0.15, 0.2) is 58.3 Å². The van der Waals surface area contributed by atoms with Crippen molar-refractivity contribution in [3.8, 4) is 0 Å². The summed E-state index contributed by atoms with van der Waals surface area (Å²) in [4.78, 5) is 18.3. The molecule has 0 unspecified atom stereocenters. The molecule has 1 atom stereocenters. The van der Waals surface area contributed by atoms with E-state index in [1.807, 2.05) is 17.0 Å². The van der Waals surface area contributed by atoms with Crippen LogP contribution in [0.5, 0.6) is 0 Å². The maximum absolute atomic E-state index is 13.3. The van der Waals surface area contributed by atoms with E-state index in [0.717, 1.165) is 17.7 Å². The number of benzene rings is 1. The monoisotopic (exact) mass is 463 g/mol. The minimum atomic E-state index is -3.68. The highest BCUT2D eigenvalue weighted by Crippen LogP contribution is 2.30. The van der Waals surface area contributed by atoms with Gasteiger partial charge in [-0.1, -0.05) is 29.8 Å². The maximum atomic E-state index is 13.3. The van der Waals surface area contributed by atoms with E-state index in [1.165, 1.54) is 11.3 Å². The molecule has 2 aromatic rings. The van der Waals surface area contributed by atoms with Crippen LogP contribution in [0.4, 0.5) is 0 Å². The van der Waals surface area contributed by atoms with Gasteiger partial charge in [-0.05, 0) is 37.1 Å². The van der Waals surface area contributed by atoms with Crippen LogP contribution in [0.2, 0.25) is 4.34 Å². The van der Waals surface area contributed by atoms with Crippen LogP contribution < -0.4 is 0 Å². The molecule has 2 aliphatic rings. The number of piperidine rings is 1. The topological polar surface area (TPSA) is 70.1 Å². The van der Waals surface area contributed by atoms with E-state index in [9.17, 15) is 13.2 Å². The third-order valence-electron chi connectivity index (χ3n) is 5.32. The molecule has 1 saturated heterocycles. The SMILES string of the molecule is C=CCN(Cc1ccc(Cl)s1)C(=O)[C@@H]1CCCN(C2=NS(=O)(=O)c3ccccc32)C1. The van der Waals surface area contributed by atoms with Gasteiger partial charge >= 0.3 is 0 Å². The number of amides is 1. The van der Waals surface area contributed by atoms with Crippen molar-refractivity contribution in [2.45, 2.75) is 24.3 Å². The molecule has 3 heterocycles. The molecule has 2 aliphatic heterocycles. The third kappa shape index (κ3) is 4.17. The molecule has 1 amide bonds. The fraction of sp³-hybridized carbons (Fsp3) is 0.333. The van der Waals surface area contributed by atoms with Gasteiger partial charge in [0.15, 0.2) is 5.84 Å². The Morgan fingerprint density at radius 2 is 2.13 bits per heavy atom. The molecular weight excluding hydrogens is 442 g/mol. The van der Waals surface area contributed by atoms with Crippen LogP contribution >= 0.6 is 22.9 Å². The molecule has 0 aliphatic carbocycles. The molecule has 30 heavy (non-hydrogen) atoms. The second-order valence-electron chi connectivity index (χ2n) is 7.38. The second-order valence-corrected chi connectivity index (χ2v) is 10.8. The zero-order chi connectivity index (χ0) is 21.3. The highest BCUT2D eigenvalue weighted by molar-refractivity contribution is 7.90. The Morgan fingerprint density at radius 3 is 2.87 bits per heavy atom. The lowest BCUT2D eigenvalue weighted by Crippen LogP contribution is -2.46. The molecule has 0 radical (unpaired) electrons. The zero-order valence-electron chi connectivity index (χ0n) is 16.3. The van der Waals surface area contributed by atoms with Crippen molar-refractivity contribution < 1.29 is 13.2 Å². The standard InChI is InChI=1S/C21H22ClN3O3S2/c1-2-11-25(14-16-9-10-19(22)29-16)21(26)15-6-5-12-24(13-15)20-17-7-3-4-8-18(17)30(27,28)23-20/h2-4,7-10,15H,1,5-6,11-14H2/t15-/m1/s1. The Hall–Kier alpha value is -2.16. The van der Waals surface area contributed by atoms with Gasteiger partial charge in [-0.15, -0.1) is 22.3 Å². The number of halogens is 1. The molecule has 0 bridgehead atoms. The fourth-order valence-electron chi connectivity index (χ4n) is 3.96. The summed E-state index contributed by atoms with van der Waals surface area (Å²) >= 11 is 7.49. The maximum Gasteiger partial charge on any atom is 0.285 e. The summed E-state index contributed by atoms with van der Waals surface area (Å²) in [5.74, 6) is 0.259. The van der Waals surface area contributed by atoms with Crippen molar-refractivity contribution in [2.24, 2.45) is 10.3 Å². The van der Waals surface area contributed by atoms with E-state index in [0.29, 0.717) is 41.9 Å². The van der Waals surface area contributed by atoms with Gasteiger partial charge in [0, 0.05) is 30.1 Å². The van der Waals surface area contributed by atoms with E-state index >= 15 is 0 Å². The van der Waals surface area contributed by atoms with Crippen molar-refractivity contribution >= 4 is 44.7 Å². The van der Waals surface area contributed by atoms with Crippen LogP contribution in [0.25, 0.3) is 0 Å². The summed E-state index contributed by atoms with van der Waals surface area (Å²) in [6.45, 7) is 5.83. The van der Waals surface area contributed by atoms with Gasteiger partial charge < -0.3 is 9.80 Å². The van der Waals surface area contributed by atoms with Gasteiger partial charge in [0.2, 0.25) is 5.91 Å². The number of thiophene rings is 1. The smallest absolute Gasteiger partial charge is 0.285 e. The molecular formula is C21H22ClN3O3S2. The van der Waals surface area contributed by atoms with Gasteiger partial charge in [0.05, 0.1) is 16.8 Å². The molecule has 4 rings (SSSR count). The quantitative estimate of drug-likeness (QED) is 0.633. The first-order chi connectivity index (χ1) is 14.4. The number of amidine groups is 1. The summed E-state index contributed by atoms with van der Waals surface area (Å²) in [6, 6.07) is 10.6. The summed E-state index contributed by atoms with van der Waals surface area (Å²) in [5.41, 5.74) is 0.613. The van der Waals surface area contributed by atoms with Crippen molar-refractivity contribution in [1.82, 2.24) is 9.80 Å². The first-order valence-corrected chi connectivity index (χ1v) is 12.4. The number of hydrogen-bond acceptors (Lipinski definition) is 5. The number of carbonyl (C=O) groups excluding carboxylic acids is 1. The Labute approximate surface area is 185 Å². The molecule has 0 N–H and O–H groups in total. The van der Waals surface area contributed by atoms with Crippen molar-refractivity contribution in [2.75, 3.05) is 19.6 Å². The number of sulfonamides is 1.